The van der Waals surface area contributed by atoms with Crippen molar-refractivity contribution in [1.29, 1.82) is 0 Å². The first kappa shape index (κ1) is 12.5. The second-order valence-electron chi connectivity index (χ2n) is 3.76. The molecule has 0 amide bonds. The van der Waals surface area contributed by atoms with E-state index in [1.54, 1.807) is 0 Å². The molecular formula is C10H13FN4O3. The number of H-pyrrole nitrogens is 1. The summed E-state index contributed by atoms with van der Waals surface area (Å²) in [6.07, 6.45) is 0.508. The maximum Gasteiger partial charge on any atom is 0.277 e. The van der Waals surface area contributed by atoms with Crippen LogP contribution in [0.4, 0.5) is 10.2 Å². The molecule has 0 bridgehead atoms. The molecule has 0 saturated heterocycles. The van der Waals surface area contributed by atoms with E-state index in [0.29, 0.717) is 5.52 Å². The zero-order chi connectivity index (χ0) is 13.1. The van der Waals surface area contributed by atoms with Gasteiger partial charge in [0.25, 0.3) is 5.56 Å². The average molecular weight is 255 g/mol. The number of aromatic nitrogens is 3. The average Bonchev–Trinajstić information content (AvgIpc) is 2.74. The van der Waals surface area contributed by atoms with Crippen LogP contribution >= 0.6 is 0 Å². The number of nitrogens with one attached hydrogen (secondary N) is 1. The third-order valence-electron chi connectivity index (χ3n) is 2.47. The molecule has 0 aliphatic rings. The molecule has 0 aromatic carbocycles. The van der Waals surface area contributed by atoms with Crippen molar-refractivity contribution in [3.05, 3.63) is 22.7 Å². The van der Waals surface area contributed by atoms with Gasteiger partial charge in [-0.3, -0.25) is 4.79 Å². The molecule has 0 radical (unpaired) electrons. The molecule has 1 atom stereocenters. The van der Waals surface area contributed by atoms with Gasteiger partial charge in [0, 0.05) is 6.07 Å². The quantitative estimate of drug-likeness (QED) is 0.674. The SMILES string of the molecule is Nc1cc2c(ncn2COC(CO)C[18F])c(=O)[nH]1. The minimum absolute atomic E-state index is 0.0193. The van der Waals surface area contributed by atoms with Gasteiger partial charge in [0.05, 0.1) is 18.5 Å². The molecule has 98 valence electrons. The fourth-order valence-corrected chi connectivity index (χ4v) is 1.53. The van der Waals surface area contributed by atoms with Gasteiger partial charge < -0.3 is 25.1 Å². The highest BCUT2D eigenvalue weighted by Crippen LogP contribution is 2.11. The number of halogens is 1. The second kappa shape index (κ2) is 5.15. The normalized spacial score (nSPS) is 13.0. The van der Waals surface area contributed by atoms with Crippen LogP contribution < -0.4 is 11.3 Å². The summed E-state index contributed by atoms with van der Waals surface area (Å²) in [5.41, 5.74) is 5.85. The molecule has 1 unspecified atom stereocenters. The smallest absolute Gasteiger partial charge is 0.277 e. The number of rotatable bonds is 5. The lowest BCUT2D eigenvalue weighted by atomic mass is 10.4. The summed E-state index contributed by atoms with van der Waals surface area (Å²) in [6, 6.07) is 1.54. The van der Waals surface area contributed by atoms with Crippen molar-refractivity contribution in [3.63, 3.8) is 0 Å². The number of pyridine rings is 1. The van der Waals surface area contributed by atoms with Gasteiger partial charge in [-0.25, -0.2) is 9.37 Å². The predicted octanol–water partition coefficient (Wildman–Crippen LogP) is -0.389. The number of anilines is 1. The van der Waals surface area contributed by atoms with Crippen LogP contribution in [-0.2, 0) is 11.5 Å². The molecule has 2 rings (SSSR count). The summed E-state index contributed by atoms with van der Waals surface area (Å²) < 4.78 is 19.0. The standard InChI is InChI=1S/C10H13FN4O3/c11-2-6(3-16)18-5-15-4-13-9-7(15)1-8(12)14-10(9)17/h1,4,6,16H,2-3,5H2,(H3,12,14,17)/i11-1. The zero-order valence-corrected chi connectivity index (χ0v) is 9.47. The van der Waals surface area contributed by atoms with Crippen molar-refractivity contribution in [2.75, 3.05) is 19.0 Å². The highest BCUT2D eigenvalue weighted by atomic mass is 18.2. The highest BCUT2D eigenvalue weighted by molar-refractivity contribution is 5.76. The Morgan fingerprint density at radius 2 is 2.44 bits per heavy atom. The van der Waals surface area contributed by atoms with E-state index in [1.165, 1.54) is 17.0 Å². The van der Waals surface area contributed by atoms with Gasteiger partial charge in [0.15, 0.2) is 5.52 Å². The van der Waals surface area contributed by atoms with Crippen molar-refractivity contribution in [3.8, 4) is 0 Å². The third-order valence-corrected chi connectivity index (χ3v) is 2.47. The summed E-state index contributed by atoms with van der Waals surface area (Å²) in [4.78, 5) is 17.8. The van der Waals surface area contributed by atoms with Gasteiger partial charge in [-0.1, -0.05) is 0 Å². The maximum absolute atomic E-state index is 12.3. The van der Waals surface area contributed by atoms with Crippen LogP contribution in [0.5, 0.6) is 0 Å². The monoisotopic (exact) mass is 255 g/mol. The van der Waals surface area contributed by atoms with Crippen LogP contribution in [0.25, 0.3) is 11.0 Å². The minimum Gasteiger partial charge on any atom is -0.394 e. The van der Waals surface area contributed by atoms with E-state index >= 15 is 0 Å². The summed E-state index contributed by atoms with van der Waals surface area (Å²) in [5.74, 6) is 0.207. The van der Waals surface area contributed by atoms with Gasteiger partial charge in [0.1, 0.15) is 25.3 Å². The van der Waals surface area contributed by atoms with E-state index in [9.17, 15) is 9.18 Å². The number of nitrogens with zero attached hydrogens (tertiary/aromatic N) is 2. The zero-order valence-electron chi connectivity index (χ0n) is 9.47. The molecule has 18 heavy (non-hydrogen) atoms. The number of hydrogen-bond donors (Lipinski definition) is 3. The van der Waals surface area contributed by atoms with Crippen molar-refractivity contribution in [1.82, 2.24) is 14.5 Å². The Labute approximate surface area is 101 Å². The van der Waals surface area contributed by atoms with Crippen molar-refractivity contribution >= 4 is 16.9 Å². The van der Waals surface area contributed by atoms with E-state index in [1.807, 2.05) is 0 Å². The first-order valence-corrected chi connectivity index (χ1v) is 5.27. The van der Waals surface area contributed by atoms with E-state index in [0.717, 1.165) is 0 Å². The molecule has 8 heteroatoms. The fourth-order valence-electron chi connectivity index (χ4n) is 1.53. The van der Waals surface area contributed by atoms with Gasteiger partial charge in [0.2, 0.25) is 0 Å². The summed E-state index contributed by atoms with van der Waals surface area (Å²) >= 11 is 0. The number of fused-ring (bicyclic) bond motifs is 1. The first-order chi connectivity index (χ1) is 8.65. The summed E-state index contributed by atoms with van der Waals surface area (Å²) in [6.45, 7) is -1.22. The van der Waals surface area contributed by atoms with Crippen LogP contribution in [0.2, 0.25) is 0 Å². The van der Waals surface area contributed by atoms with Gasteiger partial charge in [-0.05, 0) is 0 Å². The Hall–Kier alpha value is -1.93. The number of nitrogens with two attached hydrogens (primary N) is 1. The molecular weight excluding hydrogens is 242 g/mol. The van der Waals surface area contributed by atoms with Gasteiger partial charge >= 0.3 is 0 Å². The molecule has 0 spiro atoms. The van der Waals surface area contributed by atoms with Crippen LogP contribution in [0, 0.1) is 0 Å². The Morgan fingerprint density at radius 3 is 3.11 bits per heavy atom. The van der Waals surface area contributed by atoms with Crippen molar-refractivity contribution < 1.29 is 14.2 Å². The lowest BCUT2D eigenvalue weighted by Gasteiger charge is -2.12. The van der Waals surface area contributed by atoms with Gasteiger partial charge in [-0.2, -0.15) is 0 Å². The molecule has 0 aliphatic carbocycles. The Morgan fingerprint density at radius 1 is 1.67 bits per heavy atom. The number of ether oxygens (including phenoxy) is 1. The third kappa shape index (κ3) is 2.34. The number of aliphatic hydroxyl groups excluding tert-OH is 1. The number of alkyl halides is 1. The van der Waals surface area contributed by atoms with E-state index < -0.39 is 24.9 Å². The largest absolute Gasteiger partial charge is 0.394 e. The number of aromatic amines is 1. The molecule has 0 aliphatic heterocycles. The topological polar surface area (TPSA) is 106 Å². The molecule has 2 heterocycles. The van der Waals surface area contributed by atoms with E-state index in [4.69, 9.17) is 15.6 Å². The maximum atomic E-state index is 12.3. The molecule has 7 nitrogen and oxygen atoms in total. The van der Waals surface area contributed by atoms with Gasteiger partial charge in [-0.15, -0.1) is 0 Å². The molecule has 0 fully saturated rings. The number of nitrogen functional groups attached to an aromatic ring is 1. The molecule has 2 aromatic rings. The first-order valence-electron chi connectivity index (χ1n) is 5.27. The van der Waals surface area contributed by atoms with Crippen LogP contribution in [0.1, 0.15) is 0 Å². The van der Waals surface area contributed by atoms with Crippen LogP contribution in [-0.4, -0.2) is 39.0 Å². The van der Waals surface area contributed by atoms with E-state index in [2.05, 4.69) is 9.97 Å². The molecule has 2 aromatic heterocycles. The van der Waals surface area contributed by atoms with Crippen LogP contribution in [0.15, 0.2) is 17.2 Å². The predicted molar refractivity (Wildman–Crippen MR) is 62.7 cm³/mol. The number of aliphatic hydroxyl groups is 1. The van der Waals surface area contributed by atoms with Crippen molar-refractivity contribution in [2.24, 2.45) is 0 Å². The lowest BCUT2D eigenvalue weighted by Crippen LogP contribution is -2.21. The lowest BCUT2D eigenvalue weighted by molar-refractivity contribution is -0.0334. The highest BCUT2D eigenvalue weighted by Gasteiger charge is 2.10. The Kier molecular flexibility index (Phi) is 3.58. The molecule has 0 saturated carbocycles. The Bertz CT molecular complexity index is 590. The fraction of sp³-hybridized carbons (Fsp3) is 0.400. The summed E-state index contributed by atoms with van der Waals surface area (Å²) in [7, 11) is 0. The second-order valence-corrected chi connectivity index (χ2v) is 3.76. The van der Waals surface area contributed by atoms with Crippen LogP contribution in [0.3, 0.4) is 0 Å². The minimum atomic E-state index is -0.887. The van der Waals surface area contributed by atoms with E-state index in [-0.39, 0.29) is 18.1 Å². The van der Waals surface area contributed by atoms with Crippen molar-refractivity contribution in [2.45, 2.75) is 12.8 Å². The number of hydrogen-bond acceptors (Lipinski definition) is 5. The molecule has 4 N–H and O–H groups in total. The Balaban J connectivity index is 2.27. The summed E-state index contributed by atoms with van der Waals surface area (Å²) in [5, 5.41) is 8.79. The number of imidazole rings is 1.